The first-order valence-electron chi connectivity index (χ1n) is 16.0. The van der Waals surface area contributed by atoms with Gasteiger partial charge in [0.1, 0.15) is 23.0 Å². The highest BCUT2D eigenvalue weighted by Crippen LogP contribution is 2.52. The molecule has 0 fully saturated rings. The van der Waals surface area contributed by atoms with Gasteiger partial charge in [0.15, 0.2) is 13.6 Å². The molecule has 13 heteroatoms. The number of alkyl halides is 5. The summed E-state index contributed by atoms with van der Waals surface area (Å²) in [6.07, 6.45) is -5.21. The smallest absolute Gasteiger partial charge is 0.453 e. The number of thioether (sulfide) groups is 2. The Labute approximate surface area is 293 Å². The molecule has 0 saturated carbocycles. The Morgan fingerprint density at radius 1 is 0.735 bits per heavy atom. The molecule has 270 valence electrons. The lowest BCUT2D eigenvalue weighted by atomic mass is 9.68. The van der Waals surface area contributed by atoms with Gasteiger partial charge in [-0.05, 0) is 90.6 Å². The van der Waals surface area contributed by atoms with Gasteiger partial charge in [0.25, 0.3) is 0 Å². The summed E-state index contributed by atoms with van der Waals surface area (Å²) in [6, 6.07) is 21.7. The fraction of sp³-hybridized carbons (Fsp3) is 0.500. The van der Waals surface area contributed by atoms with Crippen molar-refractivity contribution in [2.45, 2.75) is 60.9 Å². The first-order valence-corrected chi connectivity index (χ1v) is 18.1. The van der Waals surface area contributed by atoms with Crippen molar-refractivity contribution in [1.82, 2.24) is 0 Å². The average molecular weight is 731 g/mol. The van der Waals surface area contributed by atoms with Gasteiger partial charge >= 0.3 is 12.1 Å². The zero-order valence-electron chi connectivity index (χ0n) is 27.9. The van der Waals surface area contributed by atoms with Crippen molar-refractivity contribution in [2.75, 3.05) is 58.3 Å². The molecule has 0 amide bonds. The number of ether oxygens (including phenoxy) is 6. The molecule has 0 aromatic heterocycles. The van der Waals surface area contributed by atoms with E-state index in [1.165, 1.54) is 27.8 Å². The van der Waals surface area contributed by atoms with Crippen LogP contribution in [0.15, 0.2) is 71.6 Å². The zero-order valence-corrected chi connectivity index (χ0v) is 29.5. The first-order chi connectivity index (χ1) is 23.5. The second kappa shape index (κ2) is 18.4. The van der Waals surface area contributed by atoms with Crippen LogP contribution in [0.2, 0.25) is 0 Å². The van der Waals surface area contributed by atoms with Crippen molar-refractivity contribution in [3.8, 4) is 23.0 Å². The topological polar surface area (TPSA) is 55.4 Å². The number of halogens is 5. The van der Waals surface area contributed by atoms with Gasteiger partial charge in [-0.25, -0.2) is 0 Å². The van der Waals surface area contributed by atoms with E-state index in [0.717, 1.165) is 30.1 Å². The molecule has 3 aromatic rings. The van der Waals surface area contributed by atoms with E-state index in [-0.39, 0.29) is 37.1 Å². The zero-order chi connectivity index (χ0) is 35.3. The Balaban J connectivity index is 1.29. The fourth-order valence-corrected chi connectivity index (χ4v) is 7.75. The van der Waals surface area contributed by atoms with Gasteiger partial charge in [0, 0.05) is 42.5 Å². The third-order valence-corrected chi connectivity index (χ3v) is 10.7. The Morgan fingerprint density at radius 2 is 1.31 bits per heavy atom. The van der Waals surface area contributed by atoms with Crippen LogP contribution in [-0.2, 0) is 14.9 Å². The molecule has 0 radical (unpaired) electrons. The van der Waals surface area contributed by atoms with E-state index in [0.29, 0.717) is 30.5 Å². The molecule has 0 spiro atoms. The molecular formula is C36H43F5O6S2. The van der Waals surface area contributed by atoms with E-state index in [4.69, 9.17) is 28.4 Å². The predicted molar refractivity (Wildman–Crippen MR) is 183 cm³/mol. The molecule has 0 unspecified atom stereocenters. The third-order valence-electron chi connectivity index (χ3n) is 8.28. The number of benzene rings is 3. The largest absolute Gasteiger partial charge is 0.494 e. The van der Waals surface area contributed by atoms with Gasteiger partial charge < -0.3 is 28.4 Å². The van der Waals surface area contributed by atoms with Gasteiger partial charge in [0.2, 0.25) is 0 Å². The van der Waals surface area contributed by atoms with Crippen LogP contribution in [-0.4, -0.2) is 70.4 Å². The maximum absolute atomic E-state index is 13.0. The van der Waals surface area contributed by atoms with Gasteiger partial charge in [-0.3, -0.25) is 0 Å². The van der Waals surface area contributed by atoms with Gasteiger partial charge in [-0.2, -0.15) is 33.7 Å². The highest BCUT2D eigenvalue weighted by molar-refractivity contribution is 7.99. The van der Waals surface area contributed by atoms with Crippen LogP contribution >= 0.6 is 23.5 Å². The summed E-state index contributed by atoms with van der Waals surface area (Å²) in [7, 11) is 3.19. The van der Waals surface area contributed by atoms with E-state index in [2.05, 4.69) is 31.2 Å². The highest BCUT2D eigenvalue weighted by Gasteiger charge is 2.56. The lowest BCUT2D eigenvalue weighted by Crippen LogP contribution is -2.36. The van der Waals surface area contributed by atoms with Crippen molar-refractivity contribution < 1.29 is 50.4 Å². The molecular weight excluding hydrogens is 688 g/mol. The molecule has 4 rings (SSSR count). The van der Waals surface area contributed by atoms with Crippen LogP contribution in [0.5, 0.6) is 23.0 Å². The Bertz CT molecular complexity index is 1420. The Hall–Kier alpha value is -2.87. The van der Waals surface area contributed by atoms with Crippen LogP contribution in [0.3, 0.4) is 0 Å². The van der Waals surface area contributed by atoms with Crippen molar-refractivity contribution >= 4 is 23.5 Å². The lowest BCUT2D eigenvalue weighted by molar-refractivity contribution is -0.284. The van der Waals surface area contributed by atoms with E-state index in [1.807, 2.05) is 42.1 Å². The van der Waals surface area contributed by atoms with Crippen LogP contribution in [0.4, 0.5) is 22.0 Å². The summed E-state index contributed by atoms with van der Waals surface area (Å²) >= 11 is 3.11. The van der Waals surface area contributed by atoms with Crippen molar-refractivity contribution in [3.05, 3.63) is 77.9 Å². The molecule has 6 nitrogen and oxygen atoms in total. The van der Waals surface area contributed by atoms with Crippen molar-refractivity contribution in [1.29, 1.82) is 0 Å². The second-order valence-corrected chi connectivity index (χ2v) is 14.1. The number of hydrogen-bond donors (Lipinski definition) is 0. The summed E-state index contributed by atoms with van der Waals surface area (Å²) in [5.41, 5.74) is 2.37. The maximum atomic E-state index is 13.0. The third kappa shape index (κ3) is 11.1. The molecule has 0 aliphatic carbocycles. The molecule has 3 aromatic carbocycles. The normalized spacial score (nSPS) is 17.8. The number of fused-ring (bicyclic) bond motifs is 1. The fourth-order valence-electron chi connectivity index (χ4n) is 5.60. The van der Waals surface area contributed by atoms with E-state index < -0.39 is 18.5 Å². The van der Waals surface area contributed by atoms with Crippen LogP contribution in [0.1, 0.15) is 49.7 Å². The van der Waals surface area contributed by atoms with E-state index in [1.54, 1.807) is 26.4 Å². The van der Waals surface area contributed by atoms with Crippen LogP contribution in [0.25, 0.3) is 0 Å². The molecule has 2 atom stereocenters. The van der Waals surface area contributed by atoms with Crippen molar-refractivity contribution in [2.24, 2.45) is 0 Å². The summed E-state index contributed by atoms with van der Waals surface area (Å²) in [6.45, 7) is 3.53. The second-order valence-electron chi connectivity index (χ2n) is 11.8. The molecule has 0 N–H and O–H groups in total. The van der Waals surface area contributed by atoms with Crippen LogP contribution in [0, 0.1) is 0 Å². The van der Waals surface area contributed by atoms with Crippen molar-refractivity contribution in [3.63, 3.8) is 0 Å². The monoisotopic (exact) mass is 730 g/mol. The standard InChI is InChI=1S/C36H43F5O6S2/c1-34(26-7-9-29(10-8-26)46-24-42-2)23-49-33-22-30(47-25-43-3)15-16-31(33)32(34)6-4-18-44-27-11-13-28(14-12-27)45-19-21-48-20-5-17-35(37,38)36(39,40)41/h7-16,22,32H,4-6,17-21,23-25H2,1-3H3/t32-,34-/m1/s1. The lowest BCUT2D eigenvalue weighted by Gasteiger charge is -2.43. The van der Waals surface area contributed by atoms with E-state index in [9.17, 15) is 22.0 Å². The molecule has 1 aliphatic rings. The number of rotatable bonds is 20. The van der Waals surface area contributed by atoms with Gasteiger partial charge in [-0.15, -0.1) is 11.8 Å². The molecule has 1 heterocycles. The maximum Gasteiger partial charge on any atom is 0.453 e. The number of methoxy groups -OCH3 is 2. The van der Waals surface area contributed by atoms with Gasteiger partial charge in [0.05, 0.1) is 13.2 Å². The van der Waals surface area contributed by atoms with E-state index >= 15 is 0 Å². The summed E-state index contributed by atoms with van der Waals surface area (Å²) in [5, 5.41) is 0. The Morgan fingerprint density at radius 3 is 1.94 bits per heavy atom. The highest BCUT2D eigenvalue weighted by atomic mass is 32.2. The number of hydrogen-bond acceptors (Lipinski definition) is 8. The average Bonchev–Trinajstić information content (AvgIpc) is 3.08. The summed E-state index contributed by atoms with van der Waals surface area (Å²) in [4.78, 5) is 1.20. The molecule has 0 bridgehead atoms. The Kier molecular flexibility index (Phi) is 14.6. The quantitative estimate of drug-likeness (QED) is 0.0648. The minimum Gasteiger partial charge on any atom is -0.494 e. The van der Waals surface area contributed by atoms with Crippen LogP contribution < -0.4 is 18.9 Å². The van der Waals surface area contributed by atoms with Gasteiger partial charge in [-0.1, -0.05) is 25.1 Å². The molecule has 49 heavy (non-hydrogen) atoms. The molecule has 1 aliphatic heterocycles. The predicted octanol–water partition coefficient (Wildman–Crippen LogP) is 9.75. The SMILES string of the molecule is COCOc1ccc([C@@]2(C)CSc3cc(OCOC)ccc3[C@H]2CCCOc2ccc(OCCSCCCC(F)(F)C(F)(F)F)cc2)cc1. The first kappa shape index (κ1) is 38.9. The minimum absolute atomic E-state index is 0.141. The summed E-state index contributed by atoms with van der Waals surface area (Å²) < 4.78 is 96.0. The summed E-state index contributed by atoms with van der Waals surface area (Å²) in [5.74, 6) is 0.0136. The molecule has 0 saturated heterocycles. The minimum atomic E-state index is -5.50.